The van der Waals surface area contributed by atoms with Crippen molar-refractivity contribution in [2.45, 2.75) is 57.5 Å². The van der Waals surface area contributed by atoms with Crippen molar-refractivity contribution in [2.24, 2.45) is 0 Å². The van der Waals surface area contributed by atoms with Crippen LogP contribution in [-0.2, 0) is 0 Å². The van der Waals surface area contributed by atoms with Crippen LogP contribution in [0.3, 0.4) is 0 Å². The standard InChI is InChI=1S/C10H20BrN/c1-2-9(7-8-11)12-10-5-3-4-6-10/h9-10,12H,2-8H2,1H3. The molecule has 0 aliphatic heterocycles. The van der Waals surface area contributed by atoms with E-state index >= 15 is 0 Å². The molecule has 0 amide bonds. The monoisotopic (exact) mass is 233 g/mol. The van der Waals surface area contributed by atoms with Crippen molar-refractivity contribution in [3.05, 3.63) is 0 Å². The lowest BCUT2D eigenvalue weighted by Gasteiger charge is -2.20. The van der Waals surface area contributed by atoms with Gasteiger partial charge in [0.2, 0.25) is 0 Å². The highest BCUT2D eigenvalue weighted by Crippen LogP contribution is 2.19. The van der Waals surface area contributed by atoms with Gasteiger partial charge < -0.3 is 5.32 Å². The van der Waals surface area contributed by atoms with Gasteiger partial charge in [-0.15, -0.1) is 0 Å². The molecule has 1 rings (SSSR count). The summed E-state index contributed by atoms with van der Waals surface area (Å²) >= 11 is 3.50. The molecule has 1 aliphatic carbocycles. The molecule has 0 aromatic rings. The van der Waals surface area contributed by atoms with Crippen molar-refractivity contribution < 1.29 is 0 Å². The molecule has 1 fully saturated rings. The summed E-state index contributed by atoms with van der Waals surface area (Å²) in [6.45, 7) is 2.27. The van der Waals surface area contributed by atoms with E-state index in [2.05, 4.69) is 28.2 Å². The zero-order valence-corrected chi connectivity index (χ0v) is 9.57. The third-order valence-corrected chi connectivity index (χ3v) is 3.23. The van der Waals surface area contributed by atoms with E-state index < -0.39 is 0 Å². The number of halogens is 1. The molecule has 1 aliphatic rings. The van der Waals surface area contributed by atoms with E-state index in [0.717, 1.165) is 17.4 Å². The molecule has 1 nitrogen and oxygen atoms in total. The molecular formula is C10H20BrN. The van der Waals surface area contributed by atoms with Crippen LogP contribution in [0.1, 0.15) is 45.4 Å². The van der Waals surface area contributed by atoms with E-state index in [1.165, 1.54) is 38.5 Å². The van der Waals surface area contributed by atoms with Crippen LogP contribution in [0.2, 0.25) is 0 Å². The second-order valence-corrected chi connectivity index (χ2v) is 4.52. The third-order valence-electron chi connectivity index (χ3n) is 2.78. The Balaban J connectivity index is 2.16. The fourth-order valence-corrected chi connectivity index (χ4v) is 2.52. The summed E-state index contributed by atoms with van der Waals surface area (Å²) < 4.78 is 0. The van der Waals surface area contributed by atoms with Crippen LogP contribution in [0.5, 0.6) is 0 Å². The molecule has 1 atom stereocenters. The van der Waals surface area contributed by atoms with E-state index in [9.17, 15) is 0 Å². The molecule has 0 spiro atoms. The molecule has 0 saturated heterocycles. The van der Waals surface area contributed by atoms with Crippen molar-refractivity contribution >= 4 is 15.9 Å². The van der Waals surface area contributed by atoms with Crippen LogP contribution in [-0.4, -0.2) is 17.4 Å². The number of nitrogens with one attached hydrogen (secondary N) is 1. The fraction of sp³-hybridized carbons (Fsp3) is 1.00. The molecule has 0 bridgehead atoms. The van der Waals surface area contributed by atoms with E-state index in [-0.39, 0.29) is 0 Å². The average molecular weight is 234 g/mol. The summed E-state index contributed by atoms with van der Waals surface area (Å²) in [4.78, 5) is 0. The minimum Gasteiger partial charge on any atom is -0.311 e. The zero-order chi connectivity index (χ0) is 8.81. The maximum Gasteiger partial charge on any atom is 0.00749 e. The summed E-state index contributed by atoms with van der Waals surface area (Å²) in [5, 5.41) is 4.87. The highest BCUT2D eigenvalue weighted by molar-refractivity contribution is 9.09. The molecular weight excluding hydrogens is 214 g/mol. The smallest absolute Gasteiger partial charge is 0.00749 e. The van der Waals surface area contributed by atoms with Gasteiger partial charge >= 0.3 is 0 Å². The van der Waals surface area contributed by atoms with Crippen molar-refractivity contribution in [3.8, 4) is 0 Å². The normalized spacial score (nSPS) is 21.5. The summed E-state index contributed by atoms with van der Waals surface area (Å²) in [6.07, 6.45) is 8.21. The molecule has 1 N–H and O–H groups in total. The molecule has 2 heteroatoms. The maximum absolute atomic E-state index is 3.74. The number of alkyl halides is 1. The molecule has 0 aromatic carbocycles. The van der Waals surface area contributed by atoms with Gasteiger partial charge in [-0.25, -0.2) is 0 Å². The molecule has 0 radical (unpaired) electrons. The fourth-order valence-electron chi connectivity index (χ4n) is 1.96. The van der Waals surface area contributed by atoms with Crippen molar-refractivity contribution in [1.29, 1.82) is 0 Å². The number of hydrogen-bond acceptors (Lipinski definition) is 1. The van der Waals surface area contributed by atoms with Gasteiger partial charge in [0, 0.05) is 17.4 Å². The van der Waals surface area contributed by atoms with E-state index in [1.807, 2.05) is 0 Å². The lowest BCUT2D eigenvalue weighted by molar-refractivity contribution is 0.413. The Bertz CT molecular complexity index is 110. The first-order chi connectivity index (χ1) is 5.86. The van der Waals surface area contributed by atoms with Gasteiger partial charge in [-0.2, -0.15) is 0 Å². The predicted molar refractivity (Wildman–Crippen MR) is 57.9 cm³/mol. The summed E-state index contributed by atoms with van der Waals surface area (Å²) in [6, 6.07) is 1.57. The highest BCUT2D eigenvalue weighted by atomic mass is 79.9. The summed E-state index contributed by atoms with van der Waals surface area (Å²) in [5.41, 5.74) is 0. The summed E-state index contributed by atoms with van der Waals surface area (Å²) in [5.74, 6) is 0. The topological polar surface area (TPSA) is 12.0 Å². The van der Waals surface area contributed by atoms with Gasteiger partial charge in [0.1, 0.15) is 0 Å². The lowest BCUT2D eigenvalue weighted by Crippen LogP contribution is -2.36. The van der Waals surface area contributed by atoms with Gasteiger partial charge in [0.15, 0.2) is 0 Å². The van der Waals surface area contributed by atoms with Gasteiger partial charge in [0.05, 0.1) is 0 Å². The first-order valence-corrected chi connectivity index (χ1v) is 6.31. The minimum atomic E-state index is 0.743. The first-order valence-electron chi connectivity index (χ1n) is 5.18. The van der Waals surface area contributed by atoms with E-state index in [1.54, 1.807) is 0 Å². The first kappa shape index (κ1) is 10.5. The second-order valence-electron chi connectivity index (χ2n) is 3.73. The SMILES string of the molecule is CCC(CCBr)NC1CCCC1. The van der Waals surface area contributed by atoms with Gasteiger partial charge in [-0.05, 0) is 25.7 Å². The van der Waals surface area contributed by atoms with Crippen molar-refractivity contribution in [1.82, 2.24) is 5.32 Å². The molecule has 1 saturated carbocycles. The molecule has 72 valence electrons. The largest absolute Gasteiger partial charge is 0.311 e. The molecule has 12 heavy (non-hydrogen) atoms. The van der Waals surface area contributed by atoms with Crippen molar-refractivity contribution in [3.63, 3.8) is 0 Å². The molecule has 1 unspecified atom stereocenters. The minimum absolute atomic E-state index is 0.743. The highest BCUT2D eigenvalue weighted by Gasteiger charge is 2.17. The second kappa shape index (κ2) is 5.98. The zero-order valence-electron chi connectivity index (χ0n) is 7.98. The Hall–Kier alpha value is 0.440. The lowest BCUT2D eigenvalue weighted by atomic mass is 10.1. The van der Waals surface area contributed by atoms with Crippen LogP contribution >= 0.6 is 15.9 Å². The van der Waals surface area contributed by atoms with Gasteiger partial charge in [0.25, 0.3) is 0 Å². The number of hydrogen-bond donors (Lipinski definition) is 1. The third kappa shape index (κ3) is 3.44. The quantitative estimate of drug-likeness (QED) is 0.721. The van der Waals surface area contributed by atoms with Crippen LogP contribution in [0.4, 0.5) is 0 Å². The van der Waals surface area contributed by atoms with E-state index in [0.29, 0.717) is 0 Å². The van der Waals surface area contributed by atoms with Crippen molar-refractivity contribution in [2.75, 3.05) is 5.33 Å². The van der Waals surface area contributed by atoms with E-state index in [4.69, 9.17) is 0 Å². The van der Waals surface area contributed by atoms with Gasteiger partial charge in [-0.1, -0.05) is 35.7 Å². The van der Waals surface area contributed by atoms with Gasteiger partial charge in [-0.3, -0.25) is 0 Å². The Morgan fingerprint density at radius 2 is 2.08 bits per heavy atom. The Kier molecular flexibility index (Phi) is 5.24. The molecule has 0 heterocycles. The predicted octanol–water partition coefficient (Wildman–Crippen LogP) is 3.08. The Morgan fingerprint density at radius 3 is 2.58 bits per heavy atom. The Morgan fingerprint density at radius 1 is 1.42 bits per heavy atom. The summed E-state index contributed by atoms with van der Waals surface area (Å²) in [7, 11) is 0. The maximum atomic E-state index is 3.74. The average Bonchev–Trinajstić information content (AvgIpc) is 2.56. The Labute approximate surface area is 84.4 Å². The van der Waals surface area contributed by atoms with Crippen LogP contribution in [0, 0.1) is 0 Å². The van der Waals surface area contributed by atoms with Crippen LogP contribution < -0.4 is 5.32 Å². The molecule has 0 aromatic heterocycles. The van der Waals surface area contributed by atoms with Crippen LogP contribution in [0.25, 0.3) is 0 Å². The van der Waals surface area contributed by atoms with Crippen LogP contribution in [0.15, 0.2) is 0 Å². The number of rotatable bonds is 5.